The van der Waals surface area contributed by atoms with Crippen LogP contribution in [0.1, 0.15) is 5.56 Å². The van der Waals surface area contributed by atoms with Crippen molar-refractivity contribution in [3.8, 4) is 0 Å². The van der Waals surface area contributed by atoms with Crippen LogP contribution in [0.2, 0.25) is 0 Å². The monoisotopic (exact) mass is 330 g/mol. The van der Waals surface area contributed by atoms with Crippen molar-refractivity contribution in [3.05, 3.63) is 28.0 Å². The van der Waals surface area contributed by atoms with E-state index in [1.807, 2.05) is 6.92 Å². The Kier molecular flexibility index (Phi) is 4.76. The lowest BCUT2D eigenvalue weighted by atomic mass is 10.2. The van der Waals surface area contributed by atoms with E-state index in [1.165, 1.54) is 6.07 Å². The molecule has 0 aromatic heterocycles. The van der Waals surface area contributed by atoms with E-state index in [0.717, 1.165) is 5.56 Å². The molecule has 1 aromatic rings. The number of hydrogen-bond acceptors (Lipinski definition) is 3. The number of benzene rings is 1. The molecule has 1 aromatic carbocycles. The number of amides is 1. The Hall–Kier alpha value is -1.14. The first-order chi connectivity index (χ1) is 9.08. The zero-order valence-electron chi connectivity index (χ0n) is 10.7. The van der Waals surface area contributed by atoms with Crippen LogP contribution in [0.15, 0.2) is 16.6 Å². The standard InChI is InChI=1S/C13H16BrFN2O2/c1-9-6-10(14)11(15)7-12(9)16-8-13(18)17-2-4-19-5-3-17/h6-7,16H,2-5,8H2,1H3. The molecular weight excluding hydrogens is 315 g/mol. The number of nitrogens with one attached hydrogen (secondary N) is 1. The molecule has 0 atom stereocenters. The second kappa shape index (κ2) is 6.34. The first kappa shape index (κ1) is 14.3. The van der Waals surface area contributed by atoms with Gasteiger partial charge >= 0.3 is 0 Å². The van der Waals surface area contributed by atoms with Gasteiger partial charge in [-0.15, -0.1) is 0 Å². The van der Waals surface area contributed by atoms with E-state index in [-0.39, 0.29) is 18.3 Å². The maximum Gasteiger partial charge on any atom is 0.242 e. The van der Waals surface area contributed by atoms with Crippen molar-refractivity contribution >= 4 is 27.5 Å². The topological polar surface area (TPSA) is 41.6 Å². The van der Waals surface area contributed by atoms with Crippen molar-refractivity contribution in [1.82, 2.24) is 4.90 Å². The fraction of sp³-hybridized carbons (Fsp3) is 0.462. The van der Waals surface area contributed by atoms with Gasteiger partial charge in [0.25, 0.3) is 0 Å². The predicted molar refractivity (Wildman–Crippen MR) is 74.7 cm³/mol. The summed E-state index contributed by atoms with van der Waals surface area (Å²) in [6, 6.07) is 3.09. The summed E-state index contributed by atoms with van der Waals surface area (Å²) >= 11 is 3.13. The normalized spacial score (nSPS) is 15.4. The summed E-state index contributed by atoms with van der Waals surface area (Å²) in [7, 11) is 0. The van der Waals surface area contributed by atoms with Gasteiger partial charge in [0.15, 0.2) is 0 Å². The predicted octanol–water partition coefficient (Wildman–Crippen LogP) is 2.17. The first-order valence-corrected chi connectivity index (χ1v) is 6.92. The van der Waals surface area contributed by atoms with E-state index in [4.69, 9.17) is 4.74 Å². The van der Waals surface area contributed by atoms with Crippen LogP contribution in [0, 0.1) is 12.7 Å². The molecule has 6 heteroatoms. The molecular formula is C13H16BrFN2O2. The number of ether oxygens (including phenoxy) is 1. The molecule has 0 bridgehead atoms. The molecule has 0 spiro atoms. The maximum absolute atomic E-state index is 13.4. The first-order valence-electron chi connectivity index (χ1n) is 6.13. The lowest BCUT2D eigenvalue weighted by Gasteiger charge is -2.27. The van der Waals surface area contributed by atoms with E-state index >= 15 is 0 Å². The summed E-state index contributed by atoms with van der Waals surface area (Å²) in [4.78, 5) is 13.7. The third-order valence-corrected chi connectivity index (χ3v) is 3.67. The number of carbonyl (C=O) groups is 1. The van der Waals surface area contributed by atoms with Crippen molar-refractivity contribution in [2.75, 3.05) is 38.2 Å². The van der Waals surface area contributed by atoms with E-state index in [1.54, 1.807) is 11.0 Å². The molecule has 4 nitrogen and oxygen atoms in total. The van der Waals surface area contributed by atoms with Gasteiger partial charge in [-0.1, -0.05) is 0 Å². The molecule has 1 N–H and O–H groups in total. The van der Waals surface area contributed by atoms with Crippen LogP contribution in [0.3, 0.4) is 0 Å². The van der Waals surface area contributed by atoms with E-state index < -0.39 is 0 Å². The third-order valence-electron chi connectivity index (χ3n) is 3.06. The van der Waals surface area contributed by atoms with Gasteiger partial charge in [0.2, 0.25) is 5.91 Å². The Morgan fingerprint density at radius 2 is 2.16 bits per heavy atom. The molecule has 1 saturated heterocycles. The van der Waals surface area contributed by atoms with Gasteiger partial charge in [-0.25, -0.2) is 4.39 Å². The molecule has 0 radical (unpaired) electrons. The van der Waals surface area contributed by atoms with Gasteiger partial charge in [0, 0.05) is 18.8 Å². The molecule has 19 heavy (non-hydrogen) atoms. The van der Waals surface area contributed by atoms with Gasteiger partial charge in [-0.05, 0) is 40.5 Å². The fourth-order valence-corrected chi connectivity index (χ4v) is 2.39. The minimum absolute atomic E-state index is 0.00558. The maximum atomic E-state index is 13.4. The Balaban J connectivity index is 1.94. The van der Waals surface area contributed by atoms with Crippen LogP contribution in [0.5, 0.6) is 0 Å². The zero-order valence-corrected chi connectivity index (χ0v) is 12.3. The van der Waals surface area contributed by atoms with Gasteiger partial charge in [0.1, 0.15) is 5.82 Å². The number of nitrogens with zero attached hydrogens (tertiary/aromatic N) is 1. The summed E-state index contributed by atoms with van der Waals surface area (Å²) in [5.74, 6) is -0.335. The van der Waals surface area contributed by atoms with E-state index in [9.17, 15) is 9.18 Å². The summed E-state index contributed by atoms with van der Waals surface area (Å²) in [6.07, 6.45) is 0. The number of anilines is 1. The summed E-state index contributed by atoms with van der Waals surface area (Å²) in [6.45, 7) is 4.44. The highest BCUT2D eigenvalue weighted by Gasteiger charge is 2.16. The Morgan fingerprint density at radius 1 is 1.47 bits per heavy atom. The largest absolute Gasteiger partial charge is 0.378 e. The van der Waals surface area contributed by atoms with Gasteiger partial charge in [-0.3, -0.25) is 4.79 Å². The van der Waals surface area contributed by atoms with Gasteiger partial charge in [-0.2, -0.15) is 0 Å². The average molecular weight is 331 g/mol. The van der Waals surface area contributed by atoms with Crippen molar-refractivity contribution in [2.24, 2.45) is 0 Å². The number of aryl methyl sites for hydroxylation is 1. The van der Waals surface area contributed by atoms with E-state index in [2.05, 4.69) is 21.2 Å². The Labute approximate surface area is 120 Å². The molecule has 0 saturated carbocycles. The average Bonchev–Trinajstić information content (AvgIpc) is 2.42. The zero-order chi connectivity index (χ0) is 13.8. The summed E-state index contributed by atoms with van der Waals surface area (Å²) in [5.41, 5.74) is 1.53. The quantitative estimate of drug-likeness (QED) is 0.923. The Bertz CT molecular complexity index is 476. The van der Waals surface area contributed by atoms with Crippen molar-refractivity contribution in [2.45, 2.75) is 6.92 Å². The van der Waals surface area contributed by atoms with Crippen LogP contribution in [0.25, 0.3) is 0 Å². The van der Waals surface area contributed by atoms with Crippen molar-refractivity contribution in [1.29, 1.82) is 0 Å². The molecule has 104 valence electrons. The SMILES string of the molecule is Cc1cc(Br)c(F)cc1NCC(=O)N1CCOCC1. The van der Waals surface area contributed by atoms with Crippen LogP contribution >= 0.6 is 15.9 Å². The number of halogens is 2. The molecule has 0 aliphatic carbocycles. The molecule has 1 aliphatic rings. The van der Waals surface area contributed by atoms with Crippen molar-refractivity contribution < 1.29 is 13.9 Å². The molecule has 1 aliphatic heterocycles. The van der Waals surface area contributed by atoms with E-state index in [0.29, 0.717) is 36.5 Å². The lowest BCUT2D eigenvalue weighted by molar-refractivity contribution is -0.133. The smallest absolute Gasteiger partial charge is 0.242 e. The second-order valence-corrected chi connectivity index (χ2v) is 5.28. The Morgan fingerprint density at radius 3 is 2.84 bits per heavy atom. The fourth-order valence-electron chi connectivity index (χ4n) is 1.93. The minimum atomic E-state index is -0.341. The number of morpholine rings is 1. The molecule has 2 rings (SSSR count). The van der Waals surface area contributed by atoms with Crippen LogP contribution < -0.4 is 5.32 Å². The number of hydrogen-bond donors (Lipinski definition) is 1. The highest BCUT2D eigenvalue weighted by molar-refractivity contribution is 9.10. The van der Waals surface area contributed by atoms with Crippen LogP contribution in [-0.4, -0.2) is 43.7 Å². The van der Waals surface area contributed by atoms with Gasteiger partial charge in [0.05, 0.1) is 24.2 Å². The number of carbonyl (C=O) groups excluding carboxylic acids is 1. The van der Waals surface area contributed by atoms with Crippen molar-refractivity contribution in [3.63, 3.8) is 0 Å². The highest BCUT2D eigenvalue weighted by atomic mass is 79.9. The second-order valence-electron chi connectivity index (χ2n) is 4.43. The molecule has 1 fully saturated rings. The van der Waals surface area contributed by atoms with Crippen LogP contribution in [-0.2, 0) is 9.53 Å². The van der Waals surface area contributed by atoms with Gasteiger partial charge < -0.3 is 15.0 Å². The van der Waals surface area contributed by atoms with Crippen LogP contribution in [0.4, 0.5) is 10.1 Å². The number of rotatable bonds is 3. The third kappa shape index (κ3) is 3.67. The molecule has 0 unspecified atom stereocenters. The summed E-state index contributed by atoms with van der Waals surface area (Å²) in [5, 5.41) is 2.99. The molecule has 1 amide bonds. The minimum Gasteiger partial charge on any atom is -0.378 e. The highest BCUT2D eigenvalue weighted by Crippen LogP contribution is 2.23. The molecule has 1 heterocycles. The lowest BCUT2D eigenvalue weighted by Crippen LogP contribution is -2.43. The summed E-state index contributed by atoms with van der Waals surface area (Å²) < 4.78 is 19.1.